The Hall–Kier alpha value is -2.86. The average Bonchev–Trinajstić information content (AvgIpc) is 3.21. The van der Waals surface area contributed by atoms with Crippen LogP contribution in [0.1, 0.15) is 42.9 Å². The molecular weight excluding hydrogens is 394 g/mol. The van der Waals surface area contributed by atoms with Crippen LogP contribution in [0.25, 0.3) is 0 Å². The summed E-state index contributed by atoms with van der Waals surface area (Å²) >= 11 is 6.14. The van der Waals surface area contributed by atoms with Crippen molar-refractivity contribution in [3.8, 4) is 0 Å². The topological polar surface area (TPSA) is 85.6 Å². The number of ether oxygens (including phenoxy) is 1. The molecule has 1 aromatic heterocycles. The summed E-state index contributed by atoms with van der Waals surface area (Å²) in [6.45, 7) is 1.88. The number of ketones is 1. The summed E-state index contributed by atoms with van der Waals surface area (Å²) in [7, 11) is 0. The first-order chi connectivity index (χ1) is 14.0. The molecule has 0 saturated heterocycles. The molecular formula is C22H20ClNO5. The van der Waals surface area contributed by atoms with E-state index >= 15 is 0 Å². The van der Waals surface area contributed by atoms with Gasteiger partial charge in [-0.25, -0.2) is 0 Å². The van der Waals surface area contributed by atoms with Crippen LogP contribution < -0.4 is 5.32 Å². The number of esters is 1. The Morgan fingerprint density at radius 1 is 1.24 bits per heavy atom. The number of nitrogens with one attached hydrogen (secondary N) is 1. The predicted molar refractivity (Wildman–Crippen MR) is 105 cm³/mol. The molecule has 0 bridgehead atoms. The van der Waals surface area contributed by atoms with Crippen LogP contribution in [0.5, 0.6) is 0 Å². The van der Waals surface area contributed by atoms with Crippen LogP contribution in [0.15, 0.2) is 58.3 Å². The number of amides is 1. The van der Waals surface area contributed by atoms with Gasteiger partial charge in [0.25, 0.3) is 0 Å². The van der Waals surface area contributed by atoms with Gasteiger partial charge in [-0.3, -0.25) is 14.4 Å². The molecule has 0 spiro atoms. The molecule has 0 fully saturated rings. The fraction of sp³-hybridized carbons (Fsp3) is 0.318. The van der Waals surface area contributed by atoms with Crippen molar-refractivity contribution in [2.24, 2.45) is 5.92 Å². The largest absolute Gasteiger partial charge is 0.469 e. The highest BCUT2D eigenvalue weighted by molar-refractivity contribution is 6.30. The van der Waals surface area contributed by atoms with Crippen molar-refractivity contribution in [3.05, 3.63) is 70.3 Å². The summed E-state index contributed by atoms with van der Waals surface area (Å²) in [6, 6.07) is 10.5. The van der Waals surface area contributed by atoms with Crippen LogP contribution in [0.3, 0.4) is 0 Å². The van der Waals surface area contributed by atoms with Gasteiger partial charge in [0.2, 0.25) is 5.91 Å². The molecule has 0 saturated carbocycles. The Labute approximate surface area is 172 Å². The van der Waals surface area contributed by atoms with Crippen LogP contribution in [0, 0.1) is 5.92 Å². The summed E-state index contributed by atoms with van der Waals surface area (Å²) < 4.78 is 10.7. The minimum absolute atomic E-state index is 0.117. The van der Waals surface area contributed by atoms with Crippen molar-refractivity contribution in [1.82, 2.24) is 5.32 Å². The van der Waals surface area contributed by atoms with Gasteiger partial charge in [-0.2, -0.15) is 0 Å². The lowest BCUT2D eigenvalue weighted by molar-refractivity contribution is -0.152. The van der Waals surface area contributed by atoms with Crippen LogP contribution in [-0.4, -0.2) is 24.3 Å². The number of hydrogen-bond acceptors (Lipinski definition) is 5. The van der Waals surface area contributed by atoms with E-state index in [1.54, 1.807) is 37.3 Å². The maximum atomic E-state index is 13.6. The molecule has 7 heteroatoms. The Morgan fingerprint density at radius 2 is 2.07 bits per heavy atom. The Morgan fingerprint density at radius 3 is 2.76 bits per heavy atom. The number of rotatable bonds is 4. The second-order valence-corrected chi connectivity index (χ2v) is 7.61. The fourth-order valence-corrected chi connectivity index (χ4v) is 4.43. The van der Waals surface area contributed by atoms with Crippen molar-refractivity contribution in [1.29, 1.82) is 0 Å². The van der Waals surface area contributed by atoms with Crippen LogP contribution >= 0.6 is 11.6 Å². The van der Waals surface area contributed by atoms with Gasteiger partial charge in [0.05, 0.1) is 12.9 Å². The molecule has 0 unspecified atom stereocenters. The molecule has 2 aliphatic rings. The number of furan rings is 1. The van der Waals surface area contributed by atoms with Gasteiger partial charge in [-0.15, -0.1) is 0 Å². The lowest BCUT2D eigenvalue weighted by Crippen LogP contribution is -2.44. The minimum Gasteiger partial charge on any atom is -0.469 e. The molecule has 4 rings (SSSR count). The summed E-state index contributed by atoms with van der Waals surface area (Å²) in [5.74, 6) is -2.58. The molecule has 2 heterocycles. The van der Waals surface area contributed by atoms with Gasteiger partial charge in [0, 0.05) is 34.5 Å². The minimum atomic E-state index is -1.02. The van der Waals surface area contributed by atoms with Gasteiger partial charge in [-0.05, 0) is 43.2 Å². The third-order valence-electron chi connectivity index (χ3n) is 5.43. The van der Waals surface area contributed by atoms with Crippen LogP contribution in [-0.2, 0) is 19.1 Å². The van der Waals surface area contributed by atoms with Crippen molar-refractivity contribution >= 4 is 29.3 Å². The first kappa shape index (κ1) is 19.5. The number of hydrogen-bond donors (Lipinski definition) is 1. The van der Waals surface area contributed by atoms with Crippen molar-refractivity contribution in [2.45, 2.75) is 31.6 Å². The molecule has 29 heavy (non-hydrogen) atoms. The number of carbonyl (C=O) groups is 3. The van der Waals surface area contributed by atoms with Crippen molar-refractivity contribution in [3.63, 3.8) is 0 Å². The smallest absolute Gasteiger partial charge is 0.317 e. The number of Topliss-reactive ketones (excluding diaryl/α,β-unsaturated/α-hetero) is 1. The molecule has 3 atom stereocenters. The summed E-state index contributed by atoms with van der Waals surface area (Å²) in [5.41, 5.74) is 1.76. The van der Waals surface area contributed by atoms with Crippen molar-refractivity contribution in [2.75, 3.05) is 6.61 Å². The van der Waals surface area contributed by atoms with E-state index in [1.807, 2.05) is 6.07 Å². The lowest BCUT2D eigenvalue weighted by atomic mass is 9.69. The number of carbonyl (C=O) groups excluding carboxylic acids is 3. The highest BCUT2D eigenvalue weighted by Crippen LogP contribution is 2.46. The van der Waals surface area contributed by atoms with Gasteiger partial charge in [-0.1, -0.05) is 23.7 Å². The Balaban J connectivity index is 1.82. The average molecular weight is 414 g/mol. The first-order valence-corrected chi connectivity index (χ1v) is 9.90. The van der Waals surface area contributed by atoms with E-state index in [0.29, 0.717) is 28.5 Å². The molecule has 1 aliphatic carbocycles. The molecule has 1 aromatic carbocycles. The van der Waals surface area contributed by atoms with Gasteiger partial charge >= 0.3 is 5.97 Å². The van der Waals surface area contributed by atoms with Gasteiger partial charge in [0.1, 0.15) is 11.7 Å². The maximum Gasteiger partial charge on any atom is 0.317 e. The van der Waals surface area contributed by atoms with Crippen molar-refractivity contribution < 1.29 is 23.5 Å². The van der Waals surface area contributed by atoms with Gasteiger partial charge in [0.15, 0.2) is 5.78 Å². The third-order valence-corrected chi connectivity index (χ3v) is 5.66. The summed E-state index contributed by atoms with van der Waals surface area (Å²) in [6.07, 6.45) is 1.92. The maximum absolute atomic E-state index is 13.6. The number of benzene rings is 1. The molecule has 1 amide bonds. The normalized spacial score (nSPS) is 24.1. The van der Waals surface area contributed by atoms with Crippen LogP contribution in [0.4, 0.5) is 0 Å². The number of halogens is 1. The lowest BCUT2D eigenvalue weighted by Gasteiger charge is -2.37. The van der Waals surface area contributed by atoms with Crippen LogP contribution in [0.2, 0.25) is 5.02 Å². The third kappa shape index (κ3) is 3.60. The molecule has 150 valence electrons. The first-order valence-electron chi connectivity index (χ1n) is 9.52. The fourth-order valence-electron chi connectivity index (χ4n) is 4.23. The summed E-state index contributed by atoms with van der Waals surface area (Å²) in [5, 5.41) is 3.36. The van der Waals surface area contributed by atoms with E-state index in [2.05, 4.69) is 5.32 Å². The number of allylic oxidation sites excluding steroid dienone is 2. The van der Waals surface area contributed by atoms with E-state index < -0.39 is 23.7 Å². The zero-order chi connectivity index (χ0) is 20.5. The monoisotopic (exact) mass is 413 g/mol. The predicted octanol–water partition coefficient (Wildman–Crippen LogP) is 3.73. The highest BCUT2D eigenvalue weighted by atomic mass is 35.5. The SMILES string of the molecule is CCOC(=O)[C@H]1C(=O)C2=C(C[C@@H]1c1ccco1)NC(=O)C[C@@H]2c1cccc(Cl)c1. The zero-order valence-electron chi connectivity index (χ0n) is 15.8. The highest BCUT2D eigenvalue weighted by Gasteiger charge is 2.48. The van der Waals surface area contributed by atoms with Gasteiger partial charge < -0.3 is 14.5 Å². The second kappa shape index (κ2) is 7.87. The van der Waals surface area contributed by atoms with E-state index in [4.69, 9.17) is 20.8 Å². The molecule has 1 aliphatic heterocycles. The summed E-state index contributed by atoms with van der Waals surface area (Å²) in [4.78, 5) is 38.7. The molecule has 1 N–H and O–H groups in total. The van der Waals surface area contributed by atoms with E-state index in [9.17, 15) is 14.4 Å². The van der Waals surface area contributed by atoms with E-state index in [0.717, 1.165) is 5.56 Å². The quantitative estimate of drug-likeness (QED) is 0.609. The molecule has 0 radical (unpaired) electrons. The molecule has 2 aromatic rings. The second-order valence-electron chi connectivity index (χ2n) is 7.17. The Bertz CT molecular complexity index is 994. The van der Waals surface area contributed by atoms with E-state index in [-0.39, 0.29) is 24.7 Å². The molecule has 6 nitrogen and oxygen atoms in total. The van der Waals surface area contributed by atoms with E-state index in [1.165, 1.54) is 6.26 Å². The standard InChI is InChI=1S/C22H20ClNO5/c1-2-28-22(27)20-15(17-7-4-8-29-17)10-16-19(21(20)26)14(11-18(25)24-16)12-5-3-6-13(23)9-12/h3-9,14-15,20H,2,10-11H2,1H3,(H,24,25)/t14-,15-,20-/m1/s1. The Kier molecular flexibility index (Phi) is 5.28. The zero-order valence-corrected chi connectivity index (χ0v) is 16.6.